The standard InChI is InChI=1S/C14H19N3O2S/c1-9(11-5-6-20-8-11)7-15-13(18)12-10(2)16-17(3)14(12)19-4/h5-6,8-9H,7H2,1-4H3,(H,15,18)/t9-/m1/s1. The molecule has 0 aromatic carbocycles. The summed E-state index contributed by atoms with van der Waals surface area (Å²) in [5, 5.41) is 11.3. The van der Waals surface area contributed by atoms with Crippen LogP contribution in [0.15, 0.2) is 16.8 Å². The smallest absolute Gasteiger partial charge is 0.258 e. The number of hydrogen-bond donors (Lipinski definition) is 1. The molecule has 0 aliphatic heterocycles. The summed E-state index contributed by atoms with van der Waals surface area (Å²) in [4.78, 5) is 12.3. The molecule has 2 heterocycles. The zero-order valence-electron chi connectivity index (χ0n) is 12.1. The molecule has 0 fully saturated rings. The highest BCUT2D eigenvalue weighted by atomic mass is 32.1. The number of nitrogens with one attached hydrogen (secondary N) is 1. The quantitative estimate of drug-likeness (QED) is 0.920. The Morgan fingerprint density at radius 3 is 2.95 bits per heavy atom. The number of thiophene rings is 1. The van der Waals surface area contributed by atoms with Gasteiger partial charge in [-0.25, -0.2) is 4.68 Å². The van der Waals surface area contributed by atoms with Gasteiger partial charge in [0, 0.05) is 13.6 Å². The fraction of sp³-hybridized carbons (Fsp3) is 0.429. The minimum absolute atomic E-state index is 0.144. The van der Waals surface area contributed by atoms with Gasteiger partial charge in [-0.2, -0.15) is 16.4 Å². The number of aryl methyl sites for hydroxylation is 2. The first kappa shape index (κ1) is 14.6. The number of carbonyl (C=O) groups excluding carboxylic acids is 1. The fourth-order valence-corrected chi connectivity index (χ4v) is 2.92. The van der Waals surface area contributed by atoms with Crippen LogP contribution >= 0.6 is 11.3 Å². The molecule has 0 saturated carbocycles. The van der Waals surface area contributed by atoms with E-state index >= 15 is 0 Å². The predicted octanol–water partition coefficient (Wildman–Crippen LogP) is 2.33. The van der Waals surface area contributed by atoms with E-state index in [4.69, 9.17) is 4.74 Å². The van der Waals surface area contributed by atoms with Crippen LogP contribution < -0.4 is 10.1 Å². The van der Waals surface area contributed by atoms with Crippen LogP contribution in [0.3, 0.4) is 0 Å². The van der Waals surface area contributed by atoms with E-state index in [1.807, 2.05) is 5.38 Å². The first-order chi connectivity index (χ1) is 9.54. The zero-order chi connectivity index (χ0) is 14.7. The maximum Gasteiger partial charge on any atom is 0.258 e. The lowest BCUT2D eigenvalue weighted by atomic mass is 10.1. The average Bonchev–Trinajstić information content (AvgIpc) is 3.03. The number of aromatic nitrogens is 2. The zero-order valence-corrected chi connectivity index (χ0v) is 13.0. The molecule has 0 bridgehead atoms. The molecule has 0 radical (unpaired) electrons. The highest BCUT2D eigenvalue weighted by molar-refractivity contribution is 7.07. The Hall–Kier alpha value is -1.82. The number of carbonyl (C=O) groups is 1. The van der Waals surface area contributed by atoms with E-state index in [-0.39, 0.29) is 11.8 Å². The van der Waals surface area contributed by atoms with E-state index in [1.54, 1.807) is 37.1 Å². The van der Waals surface area contributed by atoms with Crippen molar-refractivity contribution in [3.63, 3.8) is 0 Å². The van der Waals surface area contributed by atoms with Gasteiger partial charge in [0.25, 0.3) is 5.91 Å². The Morgan fingerprint density at radius 2 is 2.35 bits per heavy atom. The van der Waals surface area contributed by atoms with Gasteiger partial charge in [-0.05, 0) is 35.2 Å². The van der Waals surface area contributed by atoms with Crippen LogP contribution in [0.5, 0.6) is 5.88 Å². The van der Waals surface area contributed by atoms with Gasteiger partial charge < -0.3 is 10.1 Å². The van der Waals surface area contributed by atoms with Gasteiger partial charge >= 0.3 is 0 Å². The SMILES string of the molecule is COc1c(C(=O)NC[C@@H](C)c2ccsc2)c(C)nn1C. The molecule has 0 unspecified atom stereocenters. The van der Waals surface area contributed by atoms with Crippen molar-refractivity contribution in [3.8, 4) is 5.88 Å². The summed E-state index contributed by atoms with van der Waals surface area (Å²) in [5.41, 5.74) is 2.42. The van der Waals surface area contributed by atoms with Gasteiger partial charge in [-0.1, -0.05) is 6.92 Å². The van der Waals surface area contributed by atoms with Gasteiger partial charge in [0.15, 0.2) is 0 Å². The second kappa shape index (κ2) is 6.09. The Labute approximate surface area is 122 Å². The predicted molar refractivity (Wildman–Crippen MR) is 79.6 cm³/mol. The molecule has 0 spiro atoms. The summed E-state index contributed by atoms with van der Waals surface area (Å²) in [6.07, 6.45) is 0. The molecule has 2 aromatic rings. The Bertz CT molecular complexity index is 590. The number of hydrogen-bond acceptors (Lipinski definition) is 4. The van der Waals surface area contributed by atoms with Gasteiger partial charge in [-0.3, -0.25) is 4.79 Å². The normalized spacial score (nSPS) is 12.2. The molecular weight excluding hydrogens is 274 g/mol. The summed E-state index contributed by atoms with van der Waals surface area (Å²) in [5.74, 6) is 0.630. The number of amides is 1. The van der Waals surface area contributed by atoms with Crippen molar-refractivity contribution in [2.24, 2.45) is 7.05 Å². The maximum absolute atomic E-state index is 12.3. The molecule has 5 nitrogen and oxygen atoms in total. The molecule has 20 heavy (non-hydrogen) atoms. The highest BCUT2D eigenvalue weighted by Gasteiger charge is 2.21. The Balaban J connectivity index is 2.06. The van der Waals surface area contributed by atoms with Crippen LogP contribution in [0, 0.1) is 6.92 Å². The van der Waals surface area contributed by atoms with Crippen molar-refractivity contribution in [2.75, 3.05) is 13.7 Å². The summed E-state index contributed by atoms with van der Waals surface area (Å²) in [6, 6.07) is 2.08. The first-order valence-corrected chi connectivity index (χ1v) is 7.36. The average molecular weight is 293 g/mol. The van der Waals surface area contributed by atoms with Crippen molar-refractivity contribution in [1.29, 1.82) is 0 Å². The Morgan fingerprint density at radius 1 is 1.60 bits per heavy atom. The summed E-state index contributed by atoms with van der Waals surface area (Å²) in [7, 11) is 3.30. The molecule has 6 heteroatoms. The van der Waals surface area contributed by atoms with Crippen LogP contribution in [-0.2, 0) is 7.05 Å². The lowest BCUT2D eigenvalue weighted by Crippen LogP contribution is -2.28. The van der Waals surface area contributed by atoms with Gasteiger partial charge in [0.1, 0.15) is 5.56 Å². The van der Waals surface area contributed by atoms with Crippen molar-refractivity contribution in [1.82, 2.24) is 15.1 Å². The lowest BCUT2D eigenvalue weighted by molar-refractivity contribution is 0.0947. The molecule has 0 saturated heterocycles. The molecular formula is C14H19N3O2S. The third-order valence-corrected chi connectivity index (χ3v) is 3.97. The third-order valence-electron chi connectivity index (χ3n) is 3.27. The number of methoxy groups -OCH3 is 1. The van der Waals surface area contributed by atoms with E-state index in [1.165, 1.54) is 5.56 Å². The summed E-state index contributed by atoms with van der Waals surface area (Å²) in [6.45, 7) is 4.49. The number of nitrogens with zero attached hydrogens (tertiary/aromatic N) is 2. The minimum Gasteiger partial charge on any atom is -0.481 e. The highest BCUT2D eigenvalue weighted by Crippen LogP contribution is 2.21. The largest absolute Gasteiger partial charge is 0.481 e. The minimum atomic E-state index is -0.144. The van der Waals surface area contributed by atoms with E-state index in [2.05, 4.69) is 28.8 Å². The lowest BCUT2D eigenvalue weighted by Gasteiger charge is -2.11. The van der Waals surface area contributed by atoms with Gasteiger partial charge in [0.05, 0.1) is 12.8 Å². The monoisotopic (exact) mass is 293 g/mol. The van der Waals surface area contributed by atoms with Crippen molar-refractivity contribution < 1.29 is 9.53 Å². The van der Waals surface area contributed by atoms with E-state index in [9.17, 15) is 4.79 Å². The number of ether oxygens (including phenoxy) is 1. The topological polar surface area (TPSA) is 56.1 Å². The van der Waals surface area contributed by atoms with E-state index < -0.39 is 0 Å². The maximum atomic E-state index is 12.3. The number of rotatable bonds is 5. The first-order valence-electron chi connectivity index (χ1n) is 6.42. The van der Waals surface area contributed by atoms with Crippen LogP contribution in [0.2, 0.25) is 0 Å². The van der Waals surface area contributed by atoms with E-state index in [0.717, 1.165) is 0 Å². The van der Waals surface area contributed by atoms with Crippen LogP contribution in [-0.4, -0.2) is 29.3 Å². The van der Waals surface area contributed by atoms with Crippen molar-refractivity contribution in [2.45, 2.75) is 19.8 Å². The molecule has 0 aliphatic carbocycles. The molecule has 108 valence electrons. The van der Waals surface area contributed by atoms with Crippen LogP contribution in [0.4, 0.5) is 0 Å². The molecule has 1 atom stereocenters. The second-order valence-electron chi connectivity index (χ2n) is 4.76. The van der Waals surface area contributed by atoms with Crippen molar-refractivity contribution >= 4 is 17.2 Å². The fourth-order valence-electron chi connectivity index (χ4n) is 2.14. The van der Waals surface area contributed by atoms with Crippen LogP contribution in [0.25, 0.3) is 0 Å². The molecule has 0 aliphatic rings. The van der Waals surface area contributed by atoms with E-state index in [0.29, 0.717) is 23.7 Å². The summed E-state index contributed by atoms with van der Waals surface area (Å²) < 4.78 is 6.81. The van der Waals surface area contributed by atoms with Gasteiger partial charge in [0.2, 0.25) is 5.88 Å². The van der Waals surface area contributed by atoms with Gasteiger partial charge in [-0.15, -0.1) is 0 Å². The molecule has 1 amide bonds. The Kier molecular flexibility index (Phi) is 4.44. The molecule has 2 rings (SSSR count). The third kappa shape index (κ3) is 2.85. The molecule has 1 N–H and O–H groups in total. The molecule has 2 aromatic heterocycles. The van der Waals surface area contributed by atoms with Crippen LogP contribution in [0.1, 0.15) is 34.5 Å². The summed E-state index contributed by atoms with van der Waals surface area (Å²) >= 11 is 1.66. The van der Waals surface area contributed by atoms with Crippen molar-refractivity contribution in [3.05, 3.63) is 33.6 Å². The second-order valence-corrected chi connectivity index (χ2v) is 5.54.